The lowest BCUT2D eigenvalue weighted by Crippen LogP contribution is -2.20. The van der Waals surface area contributed by atoms with Gasteiger partial charge in [-0.05, 0) is 12.6 Å². The van der Waals surface area contributed by atoms with Gasteiger partial charge in [-0.15, -0.1) is 0 Å². The van der Waals surface area contributed by atoms with Gasteiger partial charge in [0.05, 0.1) is 16.0 Å². The number of hydrogen-bond donors (Lipinski definition) is 1. The van der Waals surface area contributed by atoms with Gasteiger partial charge in [-0.1, -0.05) is 18.5 Å². The van der Waals surface area contributed by atoms with Crippen molar-refractivity contribution in [1.29, 1.82) is 0 Å². The monoisotopic (exact) mass is 244 g/mol. The lowest BCUT2D eigenvalue weighted by molar-refractivity contribution is -0.384. The third-order valence-electron chi connectivity index (χ3n) is 1.91. The van der Waals surface area contributed by atoms with E-state index in [0.29, 0.717) is 23.9 Å². The van der Waals surface area contributed by atoms with E-state index in [2.05, 4.69) is 5.32 Å². The molecule has 0 radical (unpaired) electrons. The Morgan fingerprint density at radius 3 is 2.94 bits per heavy atom. The largest absolute Gasteiger partial charge is 0.490 e. The molecule has 5 nitrogen and oxygen atoms in total. The average Bonchev–Trinajstić information content (AvgIpc) is 2.26. The molecule has 0 unspecified atom stereocenters. The Labute approximate surface area is 98.5 Å². The minimum atomic E-state index is -0.479. The number of ether oxygens (including phenoxy) is 1. The molecule has 0 aliphatic heterocycles. The lowest BCUT2D eigenvalue weighted by atomic mass is 10.3. The number of halogens is 1. The molecule has 0 aliphatic rings. The highest BCUT2D eigenvalue weighted by atomic mass is 35.5. The van der Waals surface area contributed by atoms with Gasteiger partial charge < -0.3 is 10.1 Å². The predicted molar refractivity (Wildman–Crippen MR) is 62.1 cm³/mol. The number of nitrogens with zero attached hydrogens (tertiary/aromatic N) is 1. The van der Waals surface area contributed by atoms with Crippen molar-refractivity contribution in [3.05, 3.63) is 33.3 Å². The van der Waals surface area contributed by atoms with E-state index in [0.717, 1.165) is 6.54 Å². The van der Waals surface area contributed by atoms with Crippen LogP contribution in [-0.2, 0) is 0 Å². The van der Waals surface area contributed by atoms with Crippen molar-refractivity contribution in [3.63, 3.8) is 0 Å². The molecule has 0 aromatic heterocycles. The first-order valence-electron chi connectivity index (χ1n) is 4.92. The molecule has 0 heterocycles. The van der Waals surface area contributed by atoms with Gasteiger partial charge in [-0.2, -0.15) is 0 Å². The highest BCUT2D eigenvalue weighted by molar-refractivity contribution is 6.32. The first kappa shape index (κ1) is 12.7. The highest BCUT2D eigenvalue weighted by Crippen LogP contribution is 2.28. The molecule has 1 rings (SSSR count). The Hall–Kier alpha value is -1.33. The van der Waals surface area contributed by atoms with Crippen LogP contribution in [0.1, 0.15) is 6.92 Å². The fraction of sp³-hybridized carbons (Fsp3) is 0.400. The topological polar surface area (TPSA) is 64.4 Å². The van der Waals surface area contributed by atoms with E-state index in [1.807, 2.05) is 6.92 Å². The number of non-ortho nitro benzene ring substituents is 1. The third kappa shape index (κ3) is 3.67. The zero-order valence-corrected chi connectivity index (χ0v) is 9.66. The summed E-state index contributed by atoms with van der Waals surface area (Å²) in [4.78, 5) is 10.1. The number of hydrogen-bond acceptors (Lipinski definition) is 4. The Balaban J connectivity index is 2.63. The number of rotatable bonds is 6. The summed E-state index contributed by atoms with van der Waals surface area (Å²) in [5.41, 5.74) is -0.0251. The number of likely N-dealkylation sites (N-methyl/N-ethyl adjacent to an activating group) is 1. The van der Waals surface area contributed by atoms with Crippen molar-refractivity contribution < 1.29 is 9.66 Å². The summed E-state index contributed by atoms with van der Waals surface area (Å²) in [7, 11) is 0. The first-order valence-corrected chi connectivity index (χ1v) is 5.30. The average molecular weight is 245 g/mol. The molecular weight excluding hydrogens is 232 g/mol. The molecule has 0 fully saturated rings. The van der Waals surface area contributed by atoms with Crippen LogP contribution < -0.4 is 10.1 Å². The molecule has 0 spiro atoms. The van der Waals surface area contributed by atoms with Gasteiger partial charge in [0.1, 0.15) is 12.4 Å². The minimum absolute atomic E-state index is 0.0251. The van der Waals surface area contributed by atoms with Gasteiger partial charge in [-0.3, -0.25) is 10.1 Å². The third-order valence-corrected chi connectivity index (χ3v) is 2.22. The molecule has 1 N–H and O–H groups in total. The van der Waals surface area contributed by atoms with Crippen LogP contribution in [0.25, 0.3) is 0 Å². The van der Waals surface area contributed by atoms with Crippen LogP contribution in [0.2, 0.25) is 5.02 Å². The standard InChI is InChI=1S/C10H13ClN2O3/c1-2-12-5-6-16-10-7-8(13(14)15)3-4-9(10)11/h3-4,7,12H,2,5-6H2,1H3. The molecule has 88 valence electrons. The highest BCUT2D eigenvalue weighted by Gasteiger charge is 2.10. The molecule has 1 aromatic rings. The van der Waals surface area contributed by atoms with E-state index in [1.54, 1.807) is 0 Å². The van der Waals surface area contributed by atoms with E-state index in [-0.39, 0.29) is 5.69 Å². The maximum absolute atomic E-state index is 10.5. The number of nitro benzene ring substituents is 1. The van der Waals surface area contributed by atoms with Crippen LogP contribution in [-0.4, -0.2) is 24.6 Å². The van der Waals surface area contributed by atoms with Crippen molar-refractivity contribution in [2.75, 3.05) is 19.7 Å². The molecule has 6 heteroatoms. The minimum Gasteiger partial charge on any atom is -0.490 e. The molecular formula is C10H13ClN2O3. The smallest absolute Gasteiger partial charge is 0.273 e. The first-order chi connectivity index (χ1) is 7.65. The number of benzene rings is 1. The normalized spacial score (nSPS) is 10.1. The van der Waals surface area contributed by atoms with E-state index in [4.69, 9.17) is 16.3 Å². The molecule has 0 saturated heterocycles. The molecule has 0 amide bonds. The second kappa shape index (κ2) is 6.30. The predicted octanol–water partition coefficient (Wildman–Crippen LogP) is 2.24. The molecule has 1 aromatic carbocycles. The quantitative estimate of drug-likeness (QED) is 0.474. The summed E-state index contributed by atoms with van der Waals surface area (Å²) in [5.74, 6) is 0.341. The van der Waals surface area contributed by atoms with E-state index < -0.39 is 4.92 Å². The lowest BCUT2D eigenvalue weighted by Gasteiger charge is -2.07. The SMILES string of the molecule is CCNCCOc1cc([N+](=O)[O-])ccc1Cl. The van der Waals surface area contributed by atoms with Crippen molar-refractivity contribution in [2.24, 2.45) is 0 Å². The van der Waals surface area contributed by atoms with Crippen LogP contribution in [0.4, 0.5) is 5.69 Å². The zero-order chi connectivity index (χ0) is 12.0. The van der Waals surface area contributed by atoms with E-state index >= 15 is 0 Å². The van der Waals surface area contributed by atoms with Crippen LogP contribution in [0, 0.1) is 10.1 Å². The molecule has 16 heavy (non-hydrogen) atoms. The van der Waals surface area contributed by atoms with Crippen LogP contribution in [0.3, 0.4) is 0 Å². The molecule has 0 bridgehead atoms. The Morgan fingerprint density at radius 1 is 1.56 bits per heavy atom. The summed E-state index contributed by atoms with van der Waals surface area (Å²) in [6, 6.07) is 4.13. The van der Waals surface area contributed by atoms with Crippen molar-refractivity contribution in [2.45, 2.75) is 6.92 Å². The van der Waals surface area contributed by atoms with E-state index in [1.165, 1.54) is 18.2 Å². The summed E-state index contributed by atoms with van der Waals surface area (Å²) in [6.45, 7) is 3.94. The van der Waals surface area contributed by atoms with E-state index in [9.17, 15) is 10.1 Å². The number of nitrogens with one attached hydrogen (secondary N) is 1. The summed E-state index contributed by atoms with van der Waals surface area (Å²) >= 11 is 5.85. The van der Waals surface area contributed by atoms with Gasteiger partial charge in [0, 0.05) is 12.6 Å². The Kier molecular flexibility index (Phi) is 5.01. The Morgan fingerprint density at radius 2 is 2.31 bits per heavy atom. The van der Waals surface area contributed by atoms with Gasteiger partial charge in [0.15, 0.2) is 0 Å². The van der Waals surface area contributed by atoms with Crippen molar-refractivity contribution >= 4 is 17.3 Å². The fourth-order valence-electron chi connectivity index (χ4n) is 1.13. The zero-order valence-electron chi connectivity index (χ0n) is 8.90. The van der Waals surface area contributed by atoms with Gasteiger partial charge in [0.2, 0.25) is 0 Å². The second-order valence-corrected chi connectivity index (χ2v) is 3.48. The second-order valence-electron chi connectivity index (χ2n) is 3.07. The van der Waals surface area contributed by atoms with Crippen LogP contribution >= 0.6 is 11.6 Å². The van der Waals surface area contributed by atoms with Crippen molar-refractivity contribution in [3.8, 4) is 5.75 Å². The van der Waals surface area contributed by atoms with Crippen molar-refractivity contribution in [1.82, 2.24) is 5.32 Å². The van der Waals surface area contributed by atoms with Gasteiger partial charge >= 0.3 is 0 Å². The van der Waals surface area contributed by atoms with Crippen LogP contribution in [0.5, 0.6) is 5.75 Å². The summed E-state index contributed by atoms with van der Waals surface area (Å²) < 4.78 is 5.33. The summed E-state index contributed by atoms with van der Waals surface area (Å²) in [6.07, 6.45) is 0. The van der Waals surface area contributed by atoms with Gasteiger partial charge in [0.25, 0.3) is 5.69 Å². The summed E-state index contributed by atoms with van der Waals surface area (Å²) in [5, 5.41) is 14.0. The molecule has 0 atom stereocenters. The number of nitro groups is 1. The molecule has 0 aliphatic carbocycles. The fourth-order valence-corrected chi connectivity index (χ4v) is 1.30. The van der Waals surface area contributed by atoms with Crippen LogP contribution in [0.15, 0.2) is 18.2 Å². The Bertz CT molecular complexity index is 371. The maximum atomic E-state index is 10.5. The molecule has 0 saturated carbocycles. The van der Waals surface area contributed by atoms with Gasteiger partial charge in [-0.25, -0.2) is 0 Å². The maximum Gasteiger partial charge on any atom is 0.273 e.